The minimum atomic E-state index is -3.40. The minimum Gasteiger partial charge on any atom is -0.317 e. The second-order valence-electron chi connectivity index (χ2n) is 6.55. The maximum Gasteiger partial charge on any atom is 0.322 e. The normalized spacial score (nSPS) is 18.2. The lowest BCUT2D eigenvalue weighted by Gasteiger charge is -2.29. The topological polar surface area (TPSA) is 87.5 Å². The molecule has 0 radical (unpaired) electrons. The Kier molecular flexibility index (Phi) is 4.44. The molecule has 3 heterocycles. The number of amides is 2. The highest BCUT2D eigenvalue weighted by Gasteiger charge is 2.34. The first kappa shape index (κ1) is 18.6. The second kappa shape index (κ2) is 6.69. The smallest absolute Gasteiger partial charge is 0.317 e. The molecule has 0 saturated carbocycles. The Morgan fingerprint density at radius 1 is 1.11 bits per heavy atom. The quantitative estimate of drug-likeness (QED) is 0.759. The summed E-state index contributed by atoms with van der Waals surface area (Å²) >= 11 is 0. The van der Waals surface area contributed by atoms with Crippen molar-refractivity contribution >= 4 is 27.4 Å². The third kappa shape index (κ3) is 3.17. The molecule has 2 aliphatic rings. The van der Waals surface area contributed by atoms with Gasteiger partial charge in [0.2, 0.25) is 10.0 Å². The molecule has 1 aromatic heterocycles. The molecule has 0 bridgehead atoms. The molecule has 2 aromatic rings. The molecule has 12 heteroatoms. The van der Waals surface area contributed by atoms with E-state index in [4.69, 9.17) is 0 Å². The van der Waals surface area contributed by atoms with Gasteiger partial charge in [-0.3, -0.25) is 8.99 Å². The number of nitrogens with zero attached hydrogens (tertiary/aromatic N) is 4. The fourth-order valence-electron chi connectivity index (χ4n) is 3.35. The van der Waals surface area contributed by atoms with Gasteiger partial charge in [-0.15, -0.1) is 0 Å². The minimum absolute atomic E-state index is 0.0590. The van der Waals surface area contributed by atoms with Gasteiger partial charge in [0.05, 0.1) is 36.4 Å². The summed E-state index contributed by atoms with van der Waals surface area (Å²) in [6.45, 7) is 1.02. The molecule has 2 aliphatic heterocycles. The van der Waals surface area contributed by atoms with Crippen LogP contribution in [0.25, 0.3) is 0 Å². The van der Waals surface area contributed by atoms with Gasteiger partial charge < -0.3 is 10.2 Å². The van der Waals surface area contributed by atoms with E-state index >= 15 is 0 Å². The number of urea groups is 1. The Morgan fingerprint density at radius 2 is 1.82 bits per heavy atom. The van der Waals surface area contributed by atoms with E-state index in [1.807, 2.05) is 0 Å². The lowest BCUT2D eigenvalue weighted by molar-refractivity contribution is 0.194. The van der Waals surface area contributed by atoms with Crippen LogP contribution in [0.5, 0.6) is 0 Å². The van der Waals surface area contributed by atoms with Gasteiger partial charge in [0, 0.05) is 30.9 Å². The van der Waals surface area contributed by atoms with Crippen molar-refractivity contribution < 1.29 is 26.4 Å². The highest BCUT2D eigenvalue weighted by atomic mass is 32.2. The number of anilines is 2. The van der Waals surface area contributed by atoms with E-state index in [-0.39, 0.29) is 24.5 Å². The molecule has 0 aliphatic carbocycles. The molecule has 0 atom stereocenters. The zero-order chi connectivity index (χ0) is 20.1. The summed E-state index contributed by atoms with van der Waals surface area (Å²) in [7, 11) is -3.40. The molecular weight excluding hydrogens is 399 g/mol. The molecule has 1 fully saturated rings. The number of benzene rings is 1. The second-order valence-corrected chi connectivity index (χ2v) is 8.56. The summed E-state index contributed by atoms with van der Waals surface area (Å²) in [6, 6.07) is 0.729. The molecule has 0 spiro atoms. The predicted molar refractivity (Wildman–Crippen MR) is 93.7 cm³/mol. The third-order valence-corrected chi connectivity index (χ3v) is 6.59. The Balaban J connectivity index is 1.54. The first-order valence-electron chi connectivity index (χ1n) is 8.52. The van der Waals surface area contributed by atoms with Gasteiger partial charge in [-0.1, -0.05) is 0 Å². The van der Waals surface area contributed by atoms with E-state index in [0.29, 0.717) is 43.0 Å². The van der Waals surface area contributed by atoms with Gasteiger partial charge in [-0.2, -0.15) is 5.10 Å². The van der Waals surface area contributed by atoms with Crippen molar-refractivity contribution in [1.82, 2.24) is 14.7 Å². The van der Waals surface area contributed by atoms with Crippen molar-refractivity contribution in [2.75, 3.05) is 28.5 Å². The number of hydrogen-bond donors (Lipinski definition) is 1. The standard InChI is InChI=1S/C16H16F3N5O3S/c17-11-6-10(7-12(18)15(11)19)21-16(25)22-3-4-23-14(9-22)13(8-20-23)24-2-1-5-28(24,26)27/h6-8H,1-5,9H2,(H,21,25). The molecule has 2 amide bonds. The van der Waals surface area contributed by atoms with Crippen molar-refractivity contribution in [3.63, 3.8) is 0 Å². The van der Waals surface area contributed by atoms with E-state index in [1.165, 1.54) is 15.4 Å². The Hall–Kier alpha value is -2.76. The Labute approximate surface area is 158 Å². The van der Waals surface area contributed by atoms with Gasteiger partial charge in [-0.25, -0.2) is 26.4 Å². The number of hydrogen-bond acceptors (Lipinski definition) is 4. The van der Waals surface area contributed by atoms with Gasteiger partial charge in [0.25, 0.3) is 0 Å². The molecule has 0 unspecified atom stereocenters. The highest BCUT2D eigenvalue weighted by molar-refractivity contribution is 7.93. The van der Waals surface area contributed by atoms with Crippen LogP contribution in [-0.2, 0) is 23.1 Å². The fraction of sp³-hybridized carbons (Fsp3) is 0.375. The maximum atomic E-state index is 13.3. The summed E-state index contributed by atoms with van der Waals surface area (Å²) in [5.41, 5.74) is 0.764. The number of sulfonamides is 1. The van der Waals surface area contributed by atoms with Crippen LogP contribution in [0, 0.1) is 17.5 Å². The summed E-state index contributed by atoms with van der Waals surface area (Å²) in [6.07, 6.45) is 1.98. The number of rotatable bonds is 2. The summed E-state index contributed by atoms with van der Waals surface area (Å²) in [4.78, 5) is 13.8. The highest BCUT2D eigenvalue weighted by Crippen LogP contribution is 2.30. The Bertz CT molecular complexity index is 1030. The number of carbonyl (C=O) groups excluding carboxylic acids is 1. The molecule has 1 N–H and O–H groups in total. The van der Waals surface area contributed by atoms with Crippen molar-refractivity contribution in [3.8, 4) is 0 Å². The molecule has 4 rings (SSSR count). The van der Waals surface area contributed by atoms with Gasteiger partial charge >= 0.3 is 6.03 Å². The van der Waals surface area contributed by atoms with Gasteiger partial charge in [0.15, 0.2) is 17.5 Å². The van der Waals surface area contributed by atoms with Crippen molar-refractivity contribution in [3.05, 3.63) is 41.5 Å². The zero-order valence-corrected chi connectivity index (χ0v) is 15.3. The Morgan fingerprint density at radius 3 is 2.46 bits per heavy atom. The predicted octanol–water partition coefficient (Wildman–Crippen LogP) is 1.89. The number of nitrogens with one attached hydrogen (secondary N) is 1. The number of halogens is 3. The van der Waals surface area contributed by atoms with E-state index in [2.05, 4.69) is 10.4 Å². The lowest BCUT2D eigenvalue weighted by Crippen LogP contribution is -2.41. The van der Waals surface area contributed by atoms with Gasteiger partial charge in [-0.05, 0) is 6.42 Å². The van der Waals surface area contributed by atoms with Crippen LogP contribution in [0.15, 0.2) is 18.3 Å². The fourth-order valence-corrected chi connectivity index (χ4v) is 4.93. The average Bonchev–Trinajstić information content (AvgIpc) is 3.20. The van der Waals surface area contributed by atoms with E-state index in [9.17, 15) is 26.4 Å². The average molecular weight is 415 g/mol. The number of aromatic nitrogens is 2. The van der Waals surface area contributed by atoms with E-state index in [1.54, 1.807) is 4.68 Å². The van der Waals surface area contributed by atoms with E-state index in [0.717, 1.165) is 0 Å². The molecule has 8 nitrogen and oxygen atoms in total. The molecule has 1 aromatic carbocycles. The first-order chi connectivity index (χ1) is 13.3. The van der Waals surface area contributed by atoms with Crippen molar-refractivity contribution in [1.29, 1.82) is 0 Å². The SMILES string of the molecule is O=C(Nc1cc(F)c(F)c(F)c1)N1CCn2ncc(N3CCCS3(=O)=O)c2C1. The van der Waals surface area contributed by atoms with Gasteiger partial charge in [0.1, 0.15) is 0 Å². The summed E-state index contributed by atoms with van der Waals surface area (Å²) < 4.78 is 67.0. The monoisotopic (exact) mass is 415 g/mol. The largest absolute Gasteiger partial charge is 0.322 e. The molecule has 28 heavy (non-hydrogen) atoms. The van der Waals surface area contributed by atoms with Crippen molar-refractivity contribution in [2.45, 2.75) is 19.5 Å². The first-order valence-corrected chi connectivity index (χ1v) is 10.1. The third-order valence-electron chi connectivity index (χ3n) is 4.74. The van der Waals surface area contributed by atoms with E-state index < -0.39 is 33.5 Å². The van der Waals surface area contributed by atoms with Crippen LogP contribution in [-0.4, -0.2) is 48.0 Å². The van der Waals surface area contributed by atoms with Crippen LogP contribution in [0.4, 0.5) is 29.3 Å². The molecule has 150 valence electrons. The molecular formula is C16H16F3N5O3S. The number of fused-ring (bicyclic) bond motifs is 1. The zero-order valence-electron chi connectivity index (χ0n) is 14.5. The summed E-state index contributed by atoms with van der Waals surface area (Å²) in [5, 5.41) is 6.52. The van der Waals surface area contributed by atoms with Crippen LogP contribution >= 0.6 is 0 Å². The van der Waals surface area contributed by atoms with Crippen LogP contribution < -0.4 is 9.62 Å². The lowest BCUT2D eigenvalue weighted by atomic mass is 10.2. The maximum absolute atomic E-state index is 13.3. The van der Waals surface area contributed by atoms with Crippen LogP contribution in [0.3, 0.4) is 0 Å². The van der Waals surface area contributed by atoms with Crippen LogP contribution in [0.1, 0.15) is 12.1 Å². The number of carbonyl (C=O) groups is 1. The summed E-state index contributed by atoms with van der Waals surface area (Å²) in [5.74, 6) is -4.37. The van der Waals surface area contributed by atoms with Crippen molar-refractivity contribution in [2.24, 2.45) is 0 Å². The van der Waals surface area contributed by atoms with Crippen LogP contribution in [0.2, 0.25) is 0 Å². The molecule has 1 saturated heterocycles.